The van der Waals surface area contributed by atoms with Crippen LogP contribution in [0.4, 0.5) is 0 Å². The highest BCUT2D eigenvalue weighted by atomic mass is 14.7. The molecule has 0 amide bonds. The Labute approximate surface area is 114 Å². The molecule has 0 spiro atoms. The van der Waals surface area contributed by atoms with E-state index in [1.165, 1.54) is 5.57 Å². The predicted octanol–water partition coefficient (Wildman–Crippen LogP) is 4.81. The monoisotopic (exact) mass is 243 g/mol. The molecule has 0 aliphatic rings. The minimum atomic E-state index is 0.484. The molecule has 0 aliphatic heterocycles. The maximum absolute atomic E-state index is 5.97. The topological polar surface area (TPSA) is 12.4 Å². The van der Waals surface area contributed by atoms with Crippen LogP contribution in [0.25, 0.3) is 0 Å². The molecule has 0 atom stereocenters. The molecule has 98 valence electrons. The Morgan fingerprint density at radius 3 is 2.44 bits per heavy atom. The lowest BCUT2D eigenvalue weighted by Gasteiger charge is -2.09. The van der Waals surface area contributed by atoms with Gasteiger partial charge < -0.3 is 0 Å². The molecule has 1 nitrogen and oxygen atoms in total. The first-order valence-corrected chi connectivity index (χ1v) is 6.86. The van der Waals surface area contributed by atoms with Gasteiger partial charge in [0.25, 0.3) is 0 Å². The lowest BCUT2D eigenvalue weighted by molar-refractivity contribution is 0.758. The normalized spacial score (nSPS) is 14.9. The Morgan fingerprint density at radius 2 is 1.94 bits per heavy atom. The minimum Gasteiger partial charge on any atom is -0.269 e. The SMILES string of the molecule is [B]C(CCCC)=NC(/C=C\C=CC)=C(/C)C(C)C. The number of nitrogens with zero attached hydrogens (tertiary/aromatic N) is 1. The zero-order chi connectivity index (χ0) is 14.0. The lowest BCUT2D eigenvalue weighted by atomic mass is 9.95. The molecule has 18 heavy (non-hydrogen) atoms. The number of aliphatic imine (C=N–C) groups is 1. The zero-order valence-corrected chi connectivity index (χ0v) is 12.5. The average Bonchev–Trinajstić information content (AvgIpc) is 2.34. The van der Waals surface area contributed by atoms with Gasteiger partial charge in [0.1, 0.15) is 7.85 Å². The smallest absolute Gasteiger partial charge is 0.135 e. The Kier molecular flexibility index (Phi) is 9.35. The highest BCUT2D eigenvalue weighted by Crippen LogP contribution is 2.17. The van der Waals surface area contributed by atoms with E-state index in [2.05, 4.69) is 32.7 Å². The van der Waals surface area contributed by atoms with E-state index in [0.29, 0.717) is 5.92 Å². The molecular formula is C16H26BN. The van der Waals surface area contributed by atoms with Crippen molar-refractivity contribution in [1.82, 2.24) is 0 Å². The highest BCUT2D eigenvalue weighted by Gasteiger charge is 2.03. The fourth-order valence-corrected chi connectivity index (χ4v) is 1.38. The van der Waals surface area contributed by atoms with Gasteiger partial charge in [0.15, 0.2) is 0 Å². The van der Waals surface area contributed by atoms with Gasteiger partial charge in [0.2, 0.25) is 0 Å². The molecule has 2 radical (unpaired) electrons. The van der Waals surface area contributed by atoms with Gasteiger partial charge in [0.05, 0.1) is 5.70 Å². The van der Waals surface area contributed by atoms with Gasteiger partial charge in [0, 0.05) is 0 Å². The summed E-state index contributed by atoms with van der Waals surface area (Å²) in [4.78, 5) is 4.56. The third kappa shape index (κ3) is 7.31. The first-order valence-electron chi connectivity index (χ1n) is 6.86. The van der Waals surface area contributed by atoms with Gasteiger partial charge in [-0.15, -0.1) is 0 Å². The third-order valence-corrected chi connectivity index (χ3v) is 2.88. The van der Waals surface area contributed by atoms with Gasteiger partial charge in [-0.1, -0.05) is 45.4 Å². The molecule has 0 unspecified atom stereocenters. The number of rotatable bonds is 7. The van der Waals surface area contributed by atoms with Crippen molar-refractivity contribution in [2.75, 3.05) is 0 Å². The molecule has 0 N–H and O–H groups in total. The summed E-state index contributed by atoms with van der Waals surface area (Å²) in [5, 5.41) is 0. The molecule has 0 aromatic rings. The van der Waals surface area contributed by atoms with Crippen molar-refractivity contribution in [3.63, 3.8) is 0 Å². The zero-order valence-electron chi connectivity index (χ0n) is 12.5. The highest BCUT2D eigenvalue weighted by molar-refractivity contribution is 6.59. The average molecular weight is 243 g/mol. The number of allylic oxidation sites excluding steroid dienone is 5. The molecule has 0 saturated carbocycles. The van der Waals surface area contributed by atoms with Crippen molar-refractivity contribution >= 4 is 13.5 Å². The Balaban J connectivity index is 5.05. The summed E-state index contributed by atoms with van der Waals surface area (Å²) in [6.07, 6.45) is 11.2. The van der Waals surface area contributed by atoms with Crippen LogP contribution >= 0.6 is 0 Å². The second kappa shape index (κ2) is 9.93. The van der Waals surface area contributed by atoms with E-state index in [0.717, 1.165) is 30.6 Å². The van der Waals surface area contributed by atoms with Crippen LogP contribution in [-0.4, -0.2) is 13.5 Å². The number of hydrogen-bond donors (Lipinski definition) is 0. The maximum Gasteiger partial charge on any atom is 0.135 e. The van der Waals surface area contributed by atoms with Gasteiger partial charge in [-0.2, -0.15) is 0 Å². The van der Waals surface area contributed by atoms with Crippen LogP contribution in [-0.2, 0) is 0 Å². The first-order chi connectivity index (χ1) is 8.52. The number of hydrogen-bond acceptors (Lipinski definition) is 1. The van der Waals surface area contributed by atoms with E-state index in [1.54, 1.807) is 0 Å². The standard InChI is InChI=1S/C16H26BN/c1-6-8-10-11-15(14(5)13(3)4)18-16(17)12-9-7-2/h6,8,10-11,13H,7,9,12H2,1-5H3/b8-6?,11-10-,15-14-,18-16?. The summed E-state index contributed by atoms with van der Waals surface area (Å²) in [6.45, 7) is 10.6. The molecule has 0 rings (SSSR count). The van der Waals surface area contributed by atoms with Crippen molar-refractivity contribution < 1.29 is 0 Å². The minimum absolute atomic E-state index is 0.484. The third-order valence-electron chi connectivity index (χ3n) is 2.88. The number of unbranched alkanes of at least 4 members (excludes halogenated alkanes) is 1. The van der Waals surface area contributed by atoms with E-state index in [-0.39, 0.29) is 0 Å². The first kappa shape index (κ1) is 17.0. The van der Waals surface area contributed by atoms with Crippen LogP contribution in [0.5, 0.6) is 0 Å². The molecule has 2 heteroatoms. The largest absolute Gasteiger partial charge is 0.269 e. The van der Waals surface area contributed by atoms with Crippen molar-refractivity contribution in [2.45, 2.75) is 53.9 Å². The summed E-state index contributed by atoms with van der Waals surface area (Å²) in [5.74, 6) is 0.484. The molecule has 0 aromatic heterocycles. The molecule has 0 heterocycles. The van der Waals surface area contributed by atoms with E-state index in [4.69, 9.17) is 7.85 Å². The van der Waals surface area contributed by atoms with Crippen LogP contribution in [0.1, 0.15) is 53.9 Å². The molecule has 0 aromatic carbocycles. The van der Waals surface area contributed by atoms with Crippen LogP contribution < -0.4 is 0 Å². The summed E-state index contributed by atoms with van der Waals surface area (Å²) < 4.78 is 0. The van der Waals surface area contributed by atoms with E-state index >= 15 is 0 Å². The second-order valence-corrected chi connectivity index (χ2v) is 4.81. The molecule has 0 saturated heterocycles. The summed E-state index contributed by atoms with van der Waals surface area (Å²) in [6, 6.07) is 0. The van der Waals surface area contributed by atoms with E-state index < -0.39 is 0 Å². The summed E-state index contributed by atoms with van der Waals surface area (Å²) in [5.41, 5.74) is 3.00. The fourth-order valence-electron chi connectivity index (χ4n) is 1.38. The van der Waals surface area contributed by atoms with Gasteiger partial charge >= 0.3 is 0 Å². The fraction of sp³-hybridized carbons (Fsp3) is 0.562. The maximum atomic E-state index is 5.97. The van der Waals surface area contributed by atoms with Crippen LogP contribution in [0.15, 0.2) is 40.6 Å². The second-order valence-electron chi connectivity index (χ2n) is 4.81. The Bertz CT molecular complexity index is 346. The van der Waals surface area contributed by atoms with Crippen LogP contribution in [0.3, 0.4) is 0 Å². The quantitative estimate of drug-likeness (QED) is 0.346. The van der Waals surface area contributed by atoms with Crippen molar-refractivity contribution in [3.8, 4) is 0 Å². The Hall–Kier alpha value is -1.05. The van der Waals surface area contributed by atoms with Crippen molar-refractivity contribution in [2.24, 2.45) is 10.9 Å². The van der Waals surface area contributed by atoms with Crippen LogP contribution in [0, 0.1) is 5.92 Å². The van der Waals surface area contributed by atoms with Crippen molar-refractivity contribution in [1.29, 1.82) is 0 Å². The van der Waals surface area contributed by atoms with Gasteiger partial charge in [-0.05, 0) is 49.9 Å². The van der Waals surface area contributed by atoms with E-state index in [9.17, 15) is 0 Å². The van der Waals surface area contributed by atoms with Crippen LogP contribution in [0.2, 0.25) is 0 Å². The van der Waals surface area contributed by atoms with Gasteiger partial charge in [-0.3, -0.25) is 4.99 Å². The Morgan fingerprint density at radius 1 is 1.28 bits per heavy atom. The molecule has 0 bridgehead atoms. The predicted molar refractivity (Wildman–Crippen MR) is 84.2 cm³/mol. The molecule has 0 aliphatic carbocycles. The summed E-state index contributed by atoms with van der Waals surface area (Å²) >= 11 is 0. The van der Waals surface area contributed by atoms with Gasteiger partial charge in [-0.25, -0.2) is 0 Å². The lowest BCUT2D eigenvalue weighted by Crippen LogP contribution is -2.00. The molecular weight excluding hydrogens is 217 g/mol. The summed E-state index contributed by atoms with van der Waals surface area (Å²) in [7, 11) is 5.97. The van der Waals surface area contributed by atoms with Crippen molar-refractivity contribution in [3.05, 3.63) is 35.6 Å². The van der Waals surface area contributed by atoms with E-state index in [1.807, 2.05) is 31.2 Å². The molecule has 0 fully saturated rings.